The number of likely N-dealkylation sites (tertiary alicyclic amines) is 1. The third-order valence-corrected chi connectivity index (χ3v) is 13.6. The minimum atomic E-state index is -1.22. The molecule has 0 saturated carbocycles. The summed E-state index contributed by atoms with van der Waals surface area (Å²) in [6.07, 6.45) is 3.65. The number of fused-ring (bicyclic) bond motifs is 2. The Hall–Kier alpha value is -3.74. The molecule has 0 spiro atoms. The Morgan fingerprint density at radius 1 is 1.00 bits per heavy atom. The number of anilines is 2. The van der Waals surface area contributed by atoms with Gasteiger partial charge in [0.05, 0.1) is 22.7 Å². The lowest BCUT2D eigenvalue weighted by molar-refractivity contribution is 0.0582. The zero-order chi connectivity index (χ0) is 34.8. The quantitative estimate of drug-likeness (QED) is 0.0471. The van der Waals surface area contributed by atoms with Crippen molar-refractivity contribution in [1.82, 2.24) is 9.88 Å². The van der Waals surface area contributed by atoms with Crippen LogP contribution in [0.25, 0.3) is 0 Å². The Bertz CT molecular complexity index is 1910. The van der Waals surface area contributed by atoms with Crippen LogP contribution in [0.4, 0.5) is 10.8 Å². The van der Waals surface area contributed by atoms with E-state index in [1.165, 1.54) is 18.2 Å². The van der Waals surface area contributed by atoms with Gasteiger partial charge in [0.15, 0.2) is 16.6 Å². The van der Waals surface area contributed by atoms with Crippen LogP contribution < -0.4 is 9.80 Å². The van der Waals surface area contributed by atoms with Crippen LogP contribution in [0.1, 0.15) is 54.9 Å². The van der Waals surface area contributed by atoms with E-state index < -0.39 is 14.0 Å². The Labute approximate surface area is 304 Å². The van der Waals surface area contributed by atoms with Crippen LogP contribution in [0.5, 0.6) is 0 Å². The molecule has 1 unspecified atom stereocenters. The monoisotopic (exact) mass is 724 g/mol. The molecule has 260 valence electrons. The number of thiazole rings is 1. The van der Waals surface area contributed by atoms with Gasteiger partial charge in [-0.1, -0.05) is 103 Å². The summed E-state index contributed by atoms with van der Waals surface area (Å²) in [5.74, 6) is -0.436. The van der Waals surface area contributed by atoms with E-state index in [-0.39, 0.29) is 5.78 Å². The zero-order valence-corrected chi connectivity index (χ0v) is 31.8. The SMILES string of the molecule is COC(=O)c1nc(N2CCc3cccc(C(=O)C=C4Sc5ccccc5N4COCC[Si](C)(C)C)c3C2)sc1CN1CCC1c1ccccc1. The molecule has 1 saturated heterocycles. The van der Waals surface area contributed by atoms with E-state index in [4.69, 9.17) is 14.5 Å². The van der Waals surface area contributed by atoms with Crippen molar-refractivity contribution >= 4 is 53.7 Å². The average Bonchev–Trinajstić information content (AvgIpc) is 3.69. The Morgan fingerprint density at radius 2 is 1.80 bits per heavy atom. The molecule has 1 atom stereocenters. The molecule has 0 aliphatic carbocycles. The number of nitrogens with zero attached hydrogens (tertiary/aromatic N) is 4. The number of ketones is 1. The van der Waals surface area contributed by atoms with Gasteiger partial charge in [-0.05, 0) is 47.7 Å². The zero-order valence-electron chi connectivity index (χ0n) is 29.2. The minimum absolute atomic E-state index is 0.0223. The van der Waals surface area contributed by atoms with Gasteiger partial charge in [-0.3, -0.25) is 9.69 Å². The van der Waals surface area contributed by atoms with Gasteiger partial charge in [0.25, 0.3) is 0 Å². The molecule has 0 N–H and O–H groups in total. The van der Waals surface area contributed by atoms with Crippen molar-refractivity contribution in [2.45, 2.75) is 62.6 Å². The first-order valence-corrected chi connectivity index (χ1v) is 22.6. The van der Waals surface area contributed by atoms with Crippen LogP contribution in [-0.2, 0) is 29.0 Å². The molecule has 0 amide bonds. The van der Waals surface area contributed by atoms with Crippen molar-refractivity contribution in [2.24, 2.45) is 0 Å². The highest BCUT2D eigenvalue weighted by Crippen LogP contribution is 2.46. The number of esters is 1. The number of hydrogen-bond acceptors (Lipinski definition) is 10. The lowest BCUT2D eigenvalue weighted by atomic mass is 9.93. The van der Waals surface area contributed by atoms with Crippen molar-refractivity contribution < 1.29 is 19.1 Å². The fourth-order valence-electron chi connectivity index (χ4n) is 6.70. The second-order valence-electron chi connectivity index (χ2n) is 14.3. The summed E-state index contributed by atoms with van der Waals surface area (Å²) in [7, 11) is 0.190. The number of rotatable bonds is 12. The van der Waals surface area contributed by atoms with Gasteiger partial charge >= 0.3 is 5.97 Å². The maximum Gasteiger partial charge on any atom is 0.357 e. The maximum absolute atomic E-state index is 14.1. The van der Waals surface area contributed by atoms with E-state index in [0.29, 0.717) is 43.7 Å². The minimum Gasteiger partial charge on any atom is -0.464 e. The van der Waals surface area contributed by atoms with Gasteiger partial charge < -0.3 is 19.3 Å². The van der Waals surface area contributed by atoms with Gasteiger partial charge in [-0.15, -0.1) is 0 Å². The van der Waals surface area contributed by atoms with Gasteiger partial charge in [-0.2, -0.15) is 0 Å². The van der Waals surface area contributed by atoms with Crippen molar-refractivity contribution in [2.75, 3.05) is 43.3 Å². The number of ether oxygens (including phenoxy) is 2. The summed E-state index contributed by atoms with van der Waals surface area (Å²) in [5.41, 5.74) is 5.64. The normalized spacial score (nSPS) is 18.2. The number of aromatic nitrogens is 1. The van der Waals surface area contributed by atoms with E-state index in [0.717, 1.165) is 63.2 Å². The molecular formula is C39H44N4O4S2Si. The molecule has 11 heteroatoms. The summed E-state index contributed by atoms with van der Waals surface area (Å²) in [6, 6.07) is 26.2. The third kappa shape index (κ3) is 7.47. The lowest BCUT2D eigenvalue weighted by Crippen LogP contribution is -2.40. The molecule has 3 aliphatic rings. The van der Waals surface area contributed by atoms with Gasteiger partial charge in [0.1, 0.15) is 6.73 Å². The van der Waals surface area contributed by atoms with Crippen molar-refractivity contribution in [3.05, 3.63) is 117 Å². The Kier molecular flexibility index (Phi) is 10.3. The smallest absolute Gasteiger partial charge is 0.357 e. The van der Waals surface area contributed by atoms with Gasteiger partial charge in [-0.25, -0.2) is 9.78 Å². The highest BCUT2D eigenvalue weighted by Gasteiger charge is 2.33. The summed E-state index contributed by atoms with van der Waals surface area (Å²) in [4.78, 5) is 40.7. The lowest BCUT2D eigenvalue weighted by Gasteiger charge is -2.41. The van der Waals surface area contributed by atoms with Crippen LogP contribution in [0.15, 0.2) is 88.8 Å². The van der Waals surface area contributed by atoms with Gasteiger partial charge in [0, 0.05) is 63.4 Å². The number of hydrogen-bond donors (Lipinski definition) is 0. The standard InChI is InChI=1S/C39H44N4O4S2Si/c1-46-38(45)37-35(25-41-20-18-31(41)28-11-6-5-7-12-28)49-39(40-37)42-19-17-27-13-10-14-29(30(27)24-42)33(44)23-36-43(26-47-21-22-50(2,3)4)32-15-8-9-16-34(32)48-36/h5-16,23,31H,17-22,24-26H2,1-4H3. The molecular weight excluding hydrogens is 681 g/mol. The highest BCUT2D eigenvalue weighted by molar-refractivity contribution is 8.03. The summed E-state index contributed by atoms with van der Waals surface area (Å²) in [6.45, 7) is 11.1. The molecule has 0 bridgehead atoms. The van der Waals surface area contributed by atoms with Crippen LogP contribution in [0, 0.1) is 0 Å². The summed E-state index contributed by atoms with van der Waals surface area (Å²) in [5, 5.41) is 1.66. The average molecular weight is 725 g/mol. The fraction of sp³-hybridized carbons (Fsp3) is 0.359. The predicted octanol–water partition coefficient (Wildman–Crippen LogP) is 8.39. The largest absolute Gasteiger partial charge is 0.464 e. The maximum atomic E-state index is 14.1. The van der Waals surface area contributed by atoms with Gasteiger partial charge in [0.2, 0.25) is 0 Å². The predicted molar refractivity (Wildman–Crippen MR) is 205 cm³/mol. The first kappa shape index (κ1) is 34.7. The molecule has 50 heavy (non-hydrogen) atoms. The van der Waals surface area contributed by atoms with Crippen molar-refractivity contribution in [1.29, 1.82) is 0 Å². The second-order valence-corrected chi connectivity index (χ2v) is 22.0. The molecule has 3 aromatic carbocycles. The number of carbonyl (C=O) groups is 2. The fourth-order valence-corrected chi connectivity index (χ4v) is 9.63. The molecule has 4 heterocycles. The summed E-state index contributed by atoms with van der Waals surface area (Å²) >= 11 is 3.17. The van der Waals surface area contributed by atoms with Crippen molar-refractivity contribution in [3.8, 4) is 0 Å². The number of para-hydroxylation sites is 1. The first-order chi connectivity index (χ1) is 24.2. The van der Waals surface area contributed by atoms with Crippen molar-refractivity contribution in [3.63, 3.8) is 0 Å². The number of carbonyl (C=O) groups excluding carboxylic acids is 2. The molecule has 0 radical (unpaired) electrons. The molecule has 1 fully saturated rings. The van der Waals surface area contributed by atoms with Crippen LogP contribution in [0.3, 0.4) is 0 Å². The molecule has 7 rings (SSSR count). The van der Waals surface area contributed by atoms with E-state index >= 15 is 0 Å². The van der Waals surface area contributed by atoms with E-state index in [1.807, 2.05) is 30.3 Å². The number of benzene rings is 3. The first-order valence-electron chi connectivity index (χ1n) is 17.3. The summed E-state index contributed by atoms with van der Waals surface area (Å²) < 4.78 is 11.3. The van der Waals surface area contributed by atoms with Crippen LogP contribution in [-0.4, -0.2) is 63.2 Å². The molecule has 8 nitrogen and oxygen atoms in total. The van der Waals surface area contributed by atoms with Crippen LogP contribution >= 0.6 is 23.1 Å². The van der Waals surface area contributed by atoms with E-state index in [1.54, 1.807) is 29.2 Å². The topological polar surface area (TPSA) is 75.2 Å². The Balaban J connectivity index is 1.11. The third-order valence-electron chi connectivity index (χ3n) is 9.64. The molecule has 3 aliphatic heterocycles. The number of methoxy groups -OCH3 is 1. The second kappa shape index (κ2) is 14.9. The highest BCUT2D eigenvalue weighted by atomic mass is 32.2. The number of allylic oxidation sites excluding steroid dienone is 1. The Morgan fingerprint density at radius 3 is 2.56 bits per heavy atom. The van der Waals surface area contributed by atoms with E-state index in [9.17, 15) is 9.59 Å². The molecule has 1 aromatic heterocycles. The van der Waals surface area contributed by atoms with E-state index in [2.05, 4.69) is 76.8 Å². The van der Waals surface area contributed by atoms with Crippen LogP contribution in [0.2, 0.25) is 25.7 Å². The number of thioether (sulfide) groups is 1. The molecule has 4 aromatic rings.